The summed E-state index contributed by atoms with van der Waals surface area (Å²) in [6.45, 7) is 1.29. The Morgan fingerprint density at radius 2 is 1.60 bits per heavy atom. The molecule has 1 heterocycles. The zero-order chi connectivity index (χ0) is 15.1. The quantitative estimate of drug-likeness (QED) is 0.775. The molecular weight excluding hydrogens is 284 g/mol. The largest absolute Gasteiger partial charge is 0.272 e. The van der Waals surface area contributed by atoms with Crippen molar-refractivity contribution >= 4 is 27.7 Å². The van der Waals surface area contributed by atoms with E-state index in [4.69, 9.17) is 0 Å². The normalized spacial score (nSPS) is 16.0. The van der Waals surface area contributed by atoms with Gasteiger partial charge in [-0.2, -0.15) is 0 Å². The van der Waals surface area contributed by atoms with Crippen LogP contribution in [-0.4, -0.2) is 43.3 Å². The maximum absolute atomic E-state index is 12.1. The molecule has 20 heavy (non-hydrogen) atoms. The Labute approximate surface area is 115 Å². The zero-order valence-electron chi connectivity index (χ0n) is 10.8. The number of sulfonamides is 1. The second-order valence-electron chi connectivity index (χ2n) is 4.44. The third-order valence-electron chi connectivity index (χ3n) is 2.88. The molecule has 0 saturated heterocycles. The van der Waals surface area contributed by atoms with Crippen LogP contribution in [-0.2, 0) is 14.8 Å². The van der Waals surface area contributed by atoms with Gasteiger partial charge in [0.05, 0.1) is 17.4 Å². The number of rotatable bonds is 3. The van der Waals surface area contributed by atoms with Gasteiger partial charge in [0.1, 0.15) is 6.04 Å². The SMILES string of the molecule is C[C@H](C(=O)NS(C)(=O)=O)N1C(=O)c2ccccc2C1=O. The molecule has 1 atom stereocenters. The third-order valence-corrected chi connectivity index (χ3v) is 3.45. The van der Waals surface area contributed by atoms with E-state index >= 15 is 0 Å². The fourth-order valence-corrected chi connectivity index (χ4v) is 2.48. The summed E-state index contributed by atoms with van der Waals surface area (Å²) < 4.78 is 23.8. The molecule has 0 aliphatic carbocycles. The number of carbonyl (C=O) groups excluding carboxylic acids is 3. The molecule has 0 saturated carbocycles. The Morgan fingerprint density at radius 3 is 2.00 bits per heavy atom. The summed E-state index contributed by atoms with van der Waals surface area (Å²) in [5.74, 6) is -2.15. The first-order valence-electron chi connectivity index (χ1n) is 5.71. The highest BCUT2D eigenvalue weighted by Crippen LogP contribution is 2.24. The van der Waals surface area contributed by atoms with Crippen LogP contribution in [0.25, 0.3) is 0 Å². The third kappa shape index (κ3) is 2.42. The monoisotopic (exact) mass is 296 g/mol. The number of hydrogen-bond donors (Lipinski definition) is 1. The summed E-state index contributed by atoms with van der Waals surface area (Å²) in [6, 6.07) is 4.97. The Bertz CT molecular complexity index is 675. The Balaban J connectivity index is 2.30. The van der Waals surface area contributed by atoms with Crippen LogP contribution >= 0.6 is 0 Å². The molecule has 0 unspecified atom stereocenters. The number of nitrogens with one attached hydrogen (secondary N) is 1. The average molecular weight is 296 g/mol. The lowest BCUT2D eigenvalue weighted by molar-refractivity contribution is -0.122. The summed E-state index contributed by atoms with van der Waals surface area (Å²) in [5.41, 5.74) is 0.410. The number of benzene rings is 1. The van der Waals surface area contributed by atoms with Gasteiger partial charge in [-0.3, -0.25) is 24.0 Å². The van der Waals surface area contributed by atoms with Crippen molar-refractivity contribution in [2.45, 2.75) is 13.0 Å². The van der Waals surface area contributed by atoms with Gasteiger partial charge in [-0.25, -0.2) is 8.42 Å². The van der Waals surface area contributed by atoms with E-state index in [0.29, 0.717) is 0 Å². The van der Waals surface area contributed by atoms with Crippen LogP contribution in [0.5, 0.6) is 0 Å². The van der Waals surface area contributed by atoms with E-state index in [1.165, 1.54) is 19.1 Å². The summed E-state index contributed by atoms with van der Waals surface area (Å²) in [7, 11) is -3.75. The van der Waals surface area contributed by atoms with Crippen LogP contribution in [0.15, 0.2) is 24.3 Å². The predicted octanol–water partition coefficient (Wildman–Crippen LogP) is -0.253. The summed E-state index contributed by atoms with van der Waals surface area (Å²) >= 11 is 0. The van der Waals surface area contributed by atoms with Crippen molar-refractivity contribution in [1.29, 1.82) is 0 Å². The lowest BCUT2D eigenvalue weighted by atomic mass is 10.1. The van der Waals surface area contributed by atoms with Gasteiger partial charge < -0.3 is 0 Å². The van der Waals surface area contributed by atoms with Crippen molar-refractivity contribution in [1.82, 2.24) is 9.62 Å². The van der Waals surface area contributed by atoms with E-state index in [1.54, 1.807) is 16.9 Å². The van der Waals surface area contributed by atoms with E-state index in [1.807, 2.05) is 0 Å². The maximum atomic E-state index is 12.1. The molecule has 0 aromatic heterocycles. The van der Waals surface area contributed by atoms with E-state index in [9.17, 15) is 22.8 Å². The van der Waals surface area contributed by atoms with Crippen LogP contribution in [0.2, 0.25) is 0 Å². The molecule has 1 aromatic carbocycles. The fraction of sp³-hybridized carbons (Fsp3) is 0.250. The van der Waals surface area contributed by atoms with Gasteiger partial charge in [-0.15, -0.1) is 0 Å². The van der Waals surface area contributed by atoms with Gasteiger partial charge in [-0.1, -0.05) is 12.1 Å². The van der Waals surface area contributed by atoms with Crippen molar-refractivity contribution in [2.24, 2.45) is 0 Å². The second-order valence-corrected chi connectivity index (χ2v) is 6.19. The molecule has 0 fully saturated rings. The van der Waals surface area contributed by atoms with Crippen LogP contribution in [0.3, 0.4) is 0 Å². The molecule has 1 aromatic rings. The lowest BCUT2D eigenvalue weighted by Crippen LogP contribution is -2.49. The number of fused-ring (bicyclic) bond motifs is 1. The molecule has 0 spiro atoms. The smallest absolute Gasteiger partial charge is 0.262 e. The van der Waals surface area contributed by atoms with E-state index in [-0.39, 0.29) is 11.1 Å². The van der Waals surface area contributed by atoms with E-state index in [0.717, 1.165) is 11.2 Å². The van der Waals surface area contributed by atoms with Gasteiger partial charge in [0.25, 0.3) is 17.7 Å². The topological polar surface area (TPSA) is 101 Å². The molecule has 0 radical (unpaired) electrons. The first-order valence-corrected chi connectivity index (χ1v) is 7.60. The molecule has 106 valence electrons. The van der Waals surface area contributed by atoms with E-state index < -0.39 is 33.8 Å². The molecule has 8 heteroatoms. The summed E-state index contributed by atoms with van der Waals surface area (Å²) in [4.78, 5) is 36.7. The number of imide groups is 1. The predicted molar refractivity (Wildman–Crippen MR) is 69.4 cm³/mol. The standard InChI is InChI=1S/C12H12N2O5S/c1-7(10(15)13-20(2,18)19)14-11(16)8-5-3-4-6-9(8)12(14)17/h3-7H,1-2H3,(H,13,15)/t7-/m1/s1. The van der Waals surface area contributed by atoms with Crippen LogP contribution < -0.4 is 4.72 Å². The highest BCUT2D eigenvalue weighted by Gasteiger charge is 2.40. The highest BCUT2D eigenvalue weighted by atomic mass is 32.2. The summed E-state index contributed by atoms with van der Waals surface area (Å²) in [5, 5.41) is 0. The summed E-state index contributed by atoms with van der Waals surface area (Å²) in [6.07, 6.45) is 0.819. The molecule has 7 nitrogen and oxygen atoms in total. The van der Waals surface area contributed by atoms with Crippen molar-refractivity contribution in [3.63, 3.8) is 0 Å². The lowest BCUT2D eigenvalue weighted by Gasteiger charge is -2.21. The van der Waals surface area contributed by atoms with Crippen LogP contribution in [0, 0.1) is 0 Å². The molecule has 2 rings (SSSR count). The second kappa shape index (κ2) is 4.71. The minimum Gasteiger partial charge on any atom is -0.272 e. The molecule has 1 N–H and O–H groups in total. The van der Waals surface area contributed by atoms with Crippen molar-refractivity contribution in [3.05, 3.63) is 35.4 Å². The molecule has 1 aliphatic rings. The van der Waals surface area contributed by atoms with Crippen LogP contribution in [0.4, 0.5) is 0 Å². The van der Waals surface area contributed by atoms with Crippen molar-refractivity contribution in [2.75, 3.05) is 6.26 Å². The number of amides is 3. The molecule has 1 aliphatic heterocycles. The van der Waals surface area contributed by atoms with Crippen molar-refractivity contribution < 1.29 is 22.8 Å². The minimum absolute atomic E-state index is 0.205. The minimum atomic E-state index is -3.75. The van der Waals surface area contributed by atoms with Gasteiger partial charge >= 0.3 is 0 Å². The van der Waals surface area contributed by atoms with Gasteiger partial charge in [0.15, 0.2) is 0 Å². The first kappa shape index (κ1) is 14.2. The average Bonchev–Trinajstić information content (AvgIpc) is 2.60. The zero-order valence-corrected chi connectivity index (χ0v) is 11.6. The molecule has 3 amide bonds. The van der Waals surface area contributed by atoms with Gasteiger partial charge in [0.2, 0.25) is 10.0 Å². The van der Waals surface area contributed by atoms with Crippen LogP contribution in [0.1, 0.15) is 27.6 Å². The van der Waals surface area contributed by atoms with Gasteiger partial charge in [-0.05, 0) is 19.1 Å². The first-order chi connectivity index (χ1) is 9.22. The molecular formula is C12H12N2O5S. The number of carbonyl (C=O) groups is 3. The van der Waals surface area contributed by atoms with Gasteiger partial charge in [0, 0.05) is 0 Å². The van der Waals surface area contributed by atoms with Crippen molar-refractivity contribution in [3.8, 4) is 0 Å². The highest BCUT2D eigenvalue weighted by molar-refractivity contribution is 7.89. The fourth-order valence-electron chi connectivity index (χ4n) is 1.94. The van der Waals surface area contributed by atoms with E-state index in [2.05, 4.69) is 0 Å². The Kier molecular flexibility index (Phi) is 3.34. The Morgan fingerprint density at radius 1 is 1.15 bits per heavy atom. The molecule has 0 bridgehead atoms. The maximum Gasteiger partial charge on any atom is 0.262 e. The Hall–Kier alpha value is -2.22. The number of nitrogens with zero attached hydrogens (tertiary/aromatic N) is 1. The number of hydrogen-bond acceptors (Lipinski definition) is 5.